The van der Waals surface area contributed by atoms with Gasteiger partial charge in [0.2, 0.25) is 11.8 Å². The third-order valence-corrected chi connectivity index (χ3v) is 5.46. The molecule has 2 rings (SSSR count). The molecule has 0 radical (unpaired) electrons. The van der Waals surface area contributed by atoms with Crippen LogP contribution in [0.1, 0.15) is 51.8 Å². The van der Waals surface area contributed by atoms with Gasteiger partial charge >= 0.3 is 12.1 Å². The summed E-state index contributed by atoms with van der Waals surface area (Å²) >= 11 is 0. The molecule has 0 aliphatic carbocycles. The van der Waals surface area contributed by atoms with E-state index in [0.29, 0.717) is 12.1 Å². The molecular formula is C26H37N5O6. The van der Waals surface area contributed by atoms with E-state index < -0.39 is 42.0 Å². The van der Waals surface area contributed by atoms with Gasteiger partial charge in [-0.25, -0.2) is 14.6 Å². The van der Waals surface area contributed by atoms with E-state index in [4.69, 9.17) is 4.74 Å². The van der Waals surface area contributed by atoms with Crippen molar-refractivity contribution in [3.05, 3.63) is 54.1 Å². The number of aromatic amines is 1. The van der Waals surface area contributed by atoms with Crippen LogP contribution >= 0.6 is 0 Å². The van der Waals surface area contributed by atoms with Gasteiger partial charge in [-0.2, -0.15) is 0 Å². The molecular weight excluding hydrogens is 478 g/mol. The van der Waals surface area contributed by atoms with Gasteiger partial charge in [-0.15, -0.1) is 0 Å². The number of amides is 3. The Morgan fingerprint density at radius 3 is 2.05 bits per heavy atom. The van der Waals surface area contributed by atoms with Crippen molar-refractivity contribution in [2.24, 2.45) is 11.8 Å². The van der Waals surface area contributed by atoms with Gasteiger partial charge < -0.3 is 30.8 Å². The summed E-state index contributed by atoms with van der Waals surface area (Å²) in [6.45, 7) is 7.54. The molecule has 1 aromatic heterocycles. The Hall–Kier alpha value is -3.89. The molecule has 0 unspecified atom stereocenters. The summed E-state index contributed by atoms with van der Waals surface area (Å²) in [4.78, 5) is 57.2. The van der Waals surface area contributed by atoms with E-state index in [1.165, 1.54) is 12.5 Å². The maximum Gasteiger partial charge on any atom is 0.408 e. The number of rotatable bonds is 14. The number of imidazole rings is 1. The second kappa shape index (κ2) is 14.6. The second-order valence-corrected chi connectivity index (χ2v) is 9.76. The number of H-pyrrole nitrogens is 1. The van der Waals surface area contributed by atoms with Gasteiger partial charge in [-0.3, -0.25) is 9.59 Å². The number of carbonyl (C=O) groups is 4. The summed E-state index contributed by atoms with van der Waals surface area (Å²) in [5, 5.41) is 17.3. The fraction of sp³-hybridized carbons (Fsp3) is 0.500. The molecule has 0 saturated heterocycles. The molecule has 0 bridgehead atoms. The number of benzene rings is 1. The number of aromatic nitrogens is 2. The monoisotopic (exact) mass is 515 g/mol. The number of ether oxygens (including phenoxy) is 1. The van der Waals surface area contributed by atoms with Gasteiger partial charge in [0.15, 0.2) is 0 Å². The molecule has 0 aliphatic heterocycles. The molecule has 37 heavy (non-hydrogen) atoms. The molecule has 0 saturated carbocycles. The van der Waals surface area contributed by atoms with E-state index >= 15 is 0 Å². The summed E-state index contributed by atoms with van der Waals surface area (Å²) in [6.07, 6.45) is 2.78. The first-order valence-electron chi connectivity index (χ1n) is 12.3. The zero-order valence-electron chi connectivity index (χ0n) is 21.7. The molecule has 5 N–H and O–H groups in total. The average molecular weight is 516 g/mol. The summed E-state index contributed by atoms with van der Waals surface area (Å²) in [7, 11) is 0. The second-order valence-electron chi connectivity index (χ2n) is 9.76. The molecule has 0 aliphatic rings. The minimum atomic E-state index is -1.16. The third-order valence-electron chi connectivity index (χ3n) is 5.46. The van der Waals surface area contributed by atoms with Gasteiger partial charge in [0.25, 0.3) is 0 Å². The van der Waals surface area contributed by atoms with Gasteiger partial charge in [-0.1, -0.05) is 58.0 Å². The number of hydrogen-bond donors (Lipinski definition) is 5. The predicted octanol–water partition coefficient (Wildman–Crippen LogP) is 2.39. The SMILES string of the molecule is CC(C)C[C@H](NC(=O)OCc1ccccc1)C(=O)N[C@@H](Cc1cnc[nH]1)C(=O)N[C@H](CC(C)C)C(=O)O. The molecule has 0 spiro atoms. The highest BCUT2D eigenvalue weighted by molar-refractivity contribution is 5.93. The number of carbonyl (C=O) groups excluding carboxylic acids is 3. The Kier molecular flexibility index (Phi) is 11.6. The lowest BCUT2D eigenvalue weighted by Crippen LogP contribution is -2.56. The minimum Gasteiger partial charge on any atom is -0.480 e. The number of hydrogen-bond acceptors (Lipinski definition) is 6. The Labute approximate surface area is 216 Å². The maximum atomic E-state index is 13.2. The van der Waals surface area contributed by atoms with Crippen LogP contribution in [0.15, 0.2) is 42.9 Å². The fourth-order valence-electron chi connectivity index (χ4n) is 3.67. The summed E-state index contributed by atoms with van der Waals surface area (Å²) < 4.78 is 5.26. The normalized spacial score (nSPS) is 13.5. The number of nitrogens with zero attached hydrogens (tertiary/aromatic N) is 1. The van der Waals surface area contributed by atoms with Gasteiger partial charge in [0.1, 0.15) is 24.7 Å². The molecule has 202 valence electrons. The number of carboxylic acids is 1. The van der Waals surface area contributed by atoms with E-state index in [0.717, 1.165) is 5.56 Å². The van der Waals surface area contributed by atoms with E-state index in [1.54, 1.807) is 0 Å². The van der Waals surface area contributed by atoms with Crippen LogP contribution < -0.4 is 16.0 Å². The molecule has 3 amide bonds. The highest BCUT2D eigenvalue weighted by Gasteiger charge is 2.31. The molecule has 11 nitrogen and oxygen atoms in total. The Morgan fingerprint density at radius 2 is 1.49 bits per heavy atom. The fourth-order valence-corrected chi connectivity index (χ4v) is 3.67. The van der Waals surface area contributed by atoms with Crippen LogP contribution in [0.3, 0.4) is 0 Å². The standard InChI is InChI=1S/C26H37N5O6/c1-16(2)10-20(31-26(36)37-14-18-8-6-5-7-9-18)23(32)29-21(12-19-13-27-15-28-19)24(33)30-22(25(34)35)11-17(3)4/h5-9,13,15-17,20-22H,10-12,14H2,1-4H3,(H,27,28)(H,29,32)(H,30,33)(H,31,36)(H,34,35)/t20-,21-,22+/m0/s1. The highest BCUT2D eigenvalue weighted by Crippen LogP contribution is 2.10. The number of aliphatic carboxylic acids is 1. The zero-order valence-corrected chi connectivity index (χ0v) is 21.7. The molecule has 1 aromatic carbocycles. The van der Waals surface area contributed by atoms with E-state index in [1.807, 2.05) is 58.0 Å². The topological polar surface area (TPSA) is 163 Å². The largest absolute Gasteiger partial charge is 0.480 e. The zero-order chi connectivity index (χ0) is 27.4. The van der Waals surface area contributed by atoms with Crippen LogP contribution in [0.2, 0.25) is 0 Å². The van der Waals surface area contributed by atoms with Crippen molar-refractivity contribution in [2.45, 2.75) is 71.7 Å². The van der Waals surface area contributed by atoms with E-state index in [9.17, 15) is 24.3 Å². The summed E-state index contributed by atoms with van der Waals surface area (Å²) in [5.41, 5.74) is 1.38. The first-order valence-corrected chi connectivity index (χ1v) is 12.3. The Balaban J connectivity index is 2.12. The lowest BCUT2D eigenvalue weighted by molar-refractivity contribution is -0.142. The molecule has 11 heteroatoms. The first-order chi connectivity index (χ1) is 17.5. The van der Waals surface area contributed by atoms with E-state index in [-0.39, 0.29) is 31.3 Å². The van der Waals surface area contributed by atoms with Gasteiger partial charge in [0, 0.05) is 18.3 Å². The van der Waals surface area contributed by atoms with Crippen LogP contribution in [-0.2, 0) is 32.1 Å². The molecule has 2 aromatic rings. The van der Waals surface area contributed by atoms with Crippen LogP contribution in [0.25, 0.3) is 0 Å². The first kappa shape index (κ1) is 29.3. The number of carboxylic acid groups (broad SMARTS) is 1. The average Bonchev–Trinajstić information content (AvgIpc) is 3.34. The number of nitrogens with one attached hydrogen (secondary N) is 4. The van der Waals surface area contributed by atoms with Crippen LogP contribution in [0.4, 0.5) is 4.79 Å². The smallest absolute Gasteiger partial charge is 0.408 e. The maximum absolute atomic E-state index is 13.2. The molecule has 0 fully saturated rings. The predicted molar refractivity (Wildman–Crippen MR) is 136 cm³/mol. The van der Waals surface area contributed by atoms with Crippen molar-refractivity contribution >= 4 is 23.9 Å². The quantitative estimate of drug-likeness (QED) is 0.258. The van der Waals surface area contributed by atoms with Crippen LogP contribution in [0, 0.1) is 11.8 Å². The van der Waals surface area contributed by atoms with Crippen LogP contribution in [0.5, 0.6) is 0 Å². The van der Waals surface area contributed by atoms with Crippen molar-refractivity contribution in [3.8, 4) is 0 Å². The van der Waals surface area contributed by atoms with Gasteiger partial charge in [0.05, 0.1) is 6.33 Å². The Bertz CT molecular complexity index is 1010. The van der Waals surface area contributed by atoms with Crippen molar-refractivity contribution in [3.63, 3.8) is 0 Å². The summed E-state index contributed by atoms with van der Waals surface area (Å²) in [6, 6.07) is 5.96. The van der Waals surface area contributed by atoms with Gasteiger partial charge in [-0.05, 0) is 30.2 Å². The molecule has 1 heterocycles. The lowest BCUT2D eigenvalue weighted by Gasteiger charge is -2.25. The minimum absolute atomic E-state index is 0.0311. The lowest BCUT2D eigenvalue weighted by atomic mass is 10.0. The Morgan fingerprint density at radius 1 is 0.892 bits per heavy atom. The van der Waals surface area contributed by atoms with E-state index in [2.05, 4.69) is 25.9 Å². The van der Waals surface area contributed by atoms with Crippen molar-refractivity contribution in [2.75, 3.05) is 0 Å². The highest BCUT2D eigenvalue weighted by atomic mass is 16.5. The molecule has 3 atom stereocenters. The number of alkyl carbamates (subject to hydrolysis) is 1. The van der Waals surface area contributed by atoms with Crippen molar-refractivity contribution in [1.82, 2.24) is 25.9 Å². The summed E-state index contributed by atoms with van der Waals surface area (Å²) in [5.74, 6) is -2.31. The third kappa shape index (κ3) is 10.7. The van der Waals surface area contributed by atoms with Crippen molar-refractivity contribution in [1.29, 1.82) is 0 Å². The van der Waals surface area contributed by atoms with Crippen molar-refractivity contribution < 1.29 is 29.0 Å². The van der Waals surface area contributed by atoms with Crippen LogP contribution in [-0.4, -0.2) is 57.1 Å².